The van der Waals surface area contributed by atoms with Gasteiger partial charge < -0.3 is 24.2 Å². The van der Waals surface area contributed by atoms with E-state index in [2.05, 4.69) is 9.97 Å². The first kappa shape index (κ1) is 28.7. The lowest BCUT2D eigenvalue weighted by molar-refractivity contribution is 0.0155. The first-order chi connectivity index (χ1) is 17.3. The van der Waals surface area contributed by atoms with E-state index in [0.29, 0.717) is 22.6 Å². The summed E-state index contributed by atoms with van der Waals surface area (Å²) in [4.78, 5) is 17.7. The zero-order chi connectivity index (χ0) is 27.4. The number of hydrogen-bond acceptors (Lipinski definition) is 7. The van der Waals surface area contributed by atoms with Crippen LogP contribution in [0.2, 0.25) is 0 Å². The Morgan fingerprint density at radius 2 is 1.78 bits per heavy atom. The first-order valence-electron chi connectivity index (χ1n) is 11.7. The number of benzene rings is 1. The Morgan fingerprint density at radius 3 is 2.41 bits per heavy atom. The second-order valence-corrected chi connectivity index (χ2v) is 12.5. The molecular formula is C27H34FN2O6P. The number of aliphatic hydroxyl groups is 1. The highest BCUT2D eigenvalue weighted by molar-refractivity contribution is 7.57. The van der Waals surface area contributed by atoms with Crippen LogP contribution in [0.25, 0.3) is 11.1 Å². The monoisotopic (exact) mass is 532 g/mol. The van der Waals surface area contributed by atoms with E-state index in [-0.39, 0.29) is 30.2 Å². The highest BCUT2D eigenvalue weighted by Crippen LogP contribution is 2.42. The van der Waals surface area contributed by atoms with Gasteiger partial charge in [0.15, 0.2) is 0 Å². The van der Waals surface area contributed by atoms with Crippen LogP contribution in [0, 0.1) is 11.2 Å². The summed E-state index contributed by atoms with van der Waals surface area (Å²) >= 11 is 0. The standard InChI is InChI=1S/C27H34FN2O6P/c1-27(2,3)26(35-5)21-11-17(7-8-19(21)20-13-24(34-4)30-14-22(20)28)15-36-25-12-18(9-10-29-25)23(31)16-37(6,32)33/h7-14,23,26,31H,15-16H2,1-6H3,(H,32,33)/t23-,26-/m1/s1. The quantitative estimate of drug-likeness (QED) is 0.328. The van der Waals surface area contributed by atoms with Gasteiger partial charge in [-0.2, -0.15) is 0 Å². The maximum atomic E-state index is 14.9. The molecular weight excluding hydrogens is 498 g/mol. The van der Waals surface area contributed by atoms with Gasteiger partial charge in [0.25, 0.3) is 0 Å². The lowest BCUT2D eigenvalue weighted by atomic mass is 9.81. The minimum Gasteiger partial charge on any atom is -0.481 e. The van der Waals surface area contributed by atoms with Gasteiger partial charge in [0.1, 0.15) is 12.4 Å². The Balaban J connectivity index is 1.94. The molecule has 10 heteroatoms. The summed E-state index contributed by atoms with van der Waals surface area (Å²) in [5.74, 6) is 0.0808. The fourth-order valence-corrected chi connectivity index (χ4v) is 5.00. The Labute approximate surface area is 216 Å². The van der Waals surface area contributed by atoms with Crippen molar-refractivity contribution in [3.63, 3.8) is 0 Å². The van der Waals surface area contributed by atoms with E-state index >= 15 is 0 Å². The molecule has 1 aromatic carbocycles. The predicted octanol–water partition coefficient (Wildman–Crippen LogP) is 5.54. The molecule has 0 radical (unpaired) electrons. The highest BCUT2D eigenvalue weighted by atomic mass is 31.2. The van der Waals surface area contributed by atoms with Gasteiger partial charge in [-0.25, -0.2) is 14.4 Å². The van der Waals surface area contributed by atoms with E-state index in [9.17, 15) is 19.0 Å². The number of pyridine rings is 2. The molecule has 3 aromatic rings. The van der Waals surface area contributed by atoms with Crippen LogP contribution >= 0.6 is 7.37 Å². The topological polar surface area (TPSA) is 111 Å². The third-order valence-corrected chi connectivity index (χ3v) is 6.82. The summed E-state index contributed by atoms with van der Waals surface area (Å²) < 4.78 is 43.5. The normalized spacial score (nSPS) is 15.1. The van der Waals surface area contributed by atoms with Crippen LogP contribution in [0.3, 0.4) is 0 Å². The summed E-state index contributed by atoms with van der Waals surface area (Å²) in [6.45, 7) is 7.48. The molecule has 0 saturated heterocycles. The smallest absolute Gasteiger partial charge is 0.213 e. The molecule has 0 amide bonds. The maximum absolute atomic E-state index is 14.9. The molecule has 0 fully saturated rings. The molecule has 8 nitrogen and oxygen atoms in total. The SMILES string of the molecule is COc1cc(-c2ccc(COc3cc([C@H](O)CP(C)(=O)O)ccn3)cc2[C@@H](OC)C(C)(C)C)c(F)cn1. The van der Waals surface area contributed by atoms with Crippen molar-refractivity contribution in [3.05, 3.63) is 71.3 Å². The third-order valence-electron chi connectivity index (χ3n) is 5.79. The number of ether oxygens (including phenoxy) is 3. The van der Waals surface area contributed by atoms with Crippen LogP contribution in [0.4, 0.5) is 4.39 Å². The van der Waals surface area contributed by atoms with Gasteiger partial charge in [-0.3, -0.25) is 4.57 Å². The van der Waals surface area contributed by atoms with E-state index in [0.717, 1.165) is 17.3 Å². The average molecular weight is 533 g/mol. The number of rotatable bonds is 10. The number of hydrogen-bond donors (Lipinski definition) is 2. The first-order valence-corrected chi connectivity index (χ1v) is 14.0. The van der Waals surface area contributed by atoms with Crippen LogP contribution in [0.15, 0.2) is 48.8 Å². The van der Waals surface area contributed by atoms with Gasteiger partial charge in [0, 0.05) is 37.7 Å². The zero-order valence-corrected chi connectivity index (χ0v) is 22.8. The van der Waals surface area contributed by atoms with Crippen molar-refractivity contribution < 1.29 is 33.2 Å². The summed E-state index contributed by atoms with van der Waals surface area (Å²) in [6, 6.07) is 10.2. The summed E-state index contributed by atoms with van der Waals surface area (Å²) in [7, 11) is -0.301. The third kappa shape index (κ3) is 7.58. The van der Waals surface area contributed by atoms with Crippen molar-refractivity contribution in [1.29, 1.82) is 0 Å². The molecule has 0 aliphatic rings. The Morgan fingerprint density at radius 1 is 1.05 bits per heavy atom. The molecule has 0 saturated carbocycles. The number of halogens is 1. The second kappa shape index (κ2) is 11.7. The lowest BCUT2D eigenvalue weighted by Crippen LogP contribution is -2.21. The van der Waals surface area contributed by atoms with Crippen LogP contribution in [-0.2, 0) is 15.9 Å². The van der Waals surface area contributed by atoms with Crippen molar-refractivity contribution in [1.82, 2.24) is 9.97 Å². The average Bonchev–Trinajstić information content (AvgIpc) is 2.82. The molecule has 0 aliphatic heterocycles. The van der Waals surface area contributed by atoms with Crippen molar-refractivity contribution >= 4 is 7.37 Å². The van der Waals surface area contributed by atoms with Crippen molar-refractivity contribution in [2.75, 3.05) is 27.0 Å². The van der Waals surface area contributed by atoms with E-state index < -0.39 is 19.3 Å². The molecule has 1 unspecified atom stereocenters. The van der Waals surface area contributed by atoms with E-state index in [1.165, 1.54) is 20.0 Å². The van der Waals surface area contributed by atoms with Crippen molar-refractivity contribution in [2.24, 2.45) is 5.41 Å². The zero-order valence-electron chi connectivity index (χ0n) is 21.9. The molecule has 3 rings (SSSR count). The van der Waals surface area contributed by atoms with Crippen LogP contribution in [0.5, 0.6) is 11.8 Å². The highest BCUT2D eigenvalue weighted by Gasteiger charge is 2.29. The van der Waals surface area contributed by atoms with Crippen LogP contribution in [0.1, 0.15) is 49.7 Å². The maximum Gasteiger partial charge on any atom is 0.213 e. The molecule has 0 spiro atoms. The number of nitrogens with zero attached hydrogens (tertiary/aromatic N) is 2. The molecule has 37 heavy (non-hydrogen) atoms. The van der Waals surface area contributed by atoms with Gasteiger partial charge in [-0.05, 0) is 39.8 Å². The number of methoxy groups -OCH3 is 2. The van der Waals surface area contributed by atoms with Crippen molar-refractivity contribution in [3.8, 4) is 22.9 Å². The molecule has 2 aromatic heterocycles. The number of aromatic nitrogens is 2. The summed E-state index contributed by atoms with van der Waals surface area (Å²) in [5.41, 5.74) is 2.72. The number of aliphatic hydroxyl groups excluding tert-OH is 1. The fourth-order valence-electron chi connectivity index (χ4n) is 4.14. The molecule has 2 heterocycles. The Bertz CT molecular complexity index is 1270. The molecule has 3 atom stereocenters. The molecule has 200 valence electrons. The fraction of sp³-hybridized carbons (Fsp3) is 0.407. The molecule has 0 bridgehead atoms. The van der Waals surface area contributed by atoms with E-state index in [1.807, 2.05) is 39.0 Å². The van der Waals surface area contributed by atoms with Gasteiger partial charge in [0.05, 0.1) is 31.7 Å². The molecule has 2 N–H and O–H groups in total. The lowest BCUT2D eigenvalue weighted by Gasteiger charge is -2.32. The van der Waals surface area contributed by atoms with Gasteiger partial charge in [-0.15, -0.1) is 0 Å². The van der Waals surface area contributed by atoms with E-state index in [4.69, 9.17) is 14.2 Å². The Kier molecular flexibility index (Phi) is 9.08. The molecule has 0 aliphatic carbocycles. The van der Waals surface area contributed by atoms with E-state index in [1.54, 1.807) is 25.3 Å². The van der Waals surface area contributed by atoms with Gasteiger partial charge in [-0.1, -0.05) is 32.9 Å². The van der Waals surface area contributed by atoms with Crippen molar-refractivity contribution in [2.45, 2.75) is 39.6 Å². The summed E-state index contributed by atoms with van der Waals surface area (Å²) in [6.07, 6.45) is 0.873. The van der Waals surface area contributed by atoms with Gasteiger partial charge in [0.2, 0.25) is 19.1 Å². The predicted molar refractivity (Wildman–Crippen MR) is 140 cm³/mol. The largest absolute Gasteiger partial charge is 0.481 e. The minimum atomic E-state index is -3.40. The summed E-state index contributed by atoms with van der Waals surface area (Å²) in [5, 5.41) is 10.3. The Hall–Kier alpha value is -2.84. The van der Waals surface area contributed by atoms with Crippen LogP contribution in [-0.4, -0.2) is 47.0 Å². The second-order valence-electron chi connectivity index (χ2n) is 10.1. The minimum absolute atomic E-state index is 0.148. The van der Waals surface area contributed by atoms with Crippen LogP contribution < -0.4 is 9.47 Å². The van der Waals surface area contributed by atoms with Gasteiger partial charge >= 0.3 is 0 Å².